The van der Waals surface area contributed by atoms with Gasteiger partial charge in [-0.05, 0) is 30.3 Å². The Morgan fingerprint density at radius 3 is 2.25 bits per heavy atom. The Morgan fingerprint density at radius 2 is 1.59 bits per heavy atom. The molecule has 4 rings (SSSR count). The number of aromatic hydroxyl groups is 1. The molecule has 4 N–H and O–H groups in total. The first-order valence-corrected chi connectivity index (χ1v) is 10.6. The van der Waals surface area contributed by atoms with Gasteiger partial charge in [-0.3, -0.25) is 9.54 Å². The molecule has 11 heteroatoms. The maximum absolute atomic E-state index is 11.9. The lowest BCUT2D eigenvalue weighted by Crippen LogP contribution is -1.99. The van der Waals surface area contributed by atoms with Gasteiger partial charge in [0, 0.05) is 16.3 Å². The molecular weight excluding hydrogens is 432 g/mol. The standard InChI is InChI=1S/C21H16N6O4S/c22-27-26-21-15-6-2-1-5-14(15)20(32(29,30)31)11-18(21)25-24-13-9-10-17(23-12-13)16-7-3-4-8-19(16)28/h1-12,28H,(H2,22,26)(H,29,30,31)/b25-24+. The molecule has 3 aromatic carbocycles. The smallest absolute Gasteiger partial charge is 0.295 e. The molecule has 0 saturated carbocycles. The number of azo groups is 1. The van der Waals surface area contributed by atoms with E-state index in [1.54, 1.807) is 54.6 Å². The van der Waals surface area contributed by atoms with Crippen LogP contribution >= 0.6 is 0 Å². The maximum atomic E-state index is 11.9. The molecule has 0 spiro atoms. The van der Waals surface area contributed by atoms with Crippen LogP contribution in [0.3, 0.4) is 0 Å². The van der Waals surface area contributed by atoms with Crippen LogP contribution in [0.25, 0.3) is 22.0 Å². The molecule has 32 heavy (non-hydrogen) atoms. The first kappa shape index (κ1) is 21.0. The lowest BCUT2D eigenvalue weighted by Gasteiger charge is -2.08. The highest BCUT2D eigenvalue weighted by Crippen LogP contribution is 2.40. The lowest BCUT2D eigenvalue weighted by atomic mass is 10.1. The Kier molecular flexibility index (Phi) is 5.58. The molecule has 0 aliphatic rings. The third-order valence-electron chi connectivity index (χ3n) is 4.59. The zero-order valence-corrected chi connectivity index (χ0v) is 17.2. The summed E-state index contributed by atoms with van der Waals surface area (Å²) < 4.78 is 33.5. The number of rotatable bonds is 5. The minimum atomic E-state index is -4.55. The number of pyridine rings is 1. The van der Waals surface area contributed by atoms with Gasteiger partial charge in [-0.15, -0.1) is 15.3 Å². The van der Waals surface area contributed by atoms with Crippen molar-refractivity contribution in [3.63, 3.8) is 0 Å². The fourth-order valence-corrected chi connectivity index (χ4v) is 3.89. The Balaban J connectivity index is 1.78. The van der Waals surface area contributed by atoms with Crippen LogP contribution in [0, 0.1) is 0 Å². The van der Waals surface area contributed by atoms with Crippen LogP contribution in [0.1, 0.15) is 0 Å². The SMILES string of the molecule is NN=Nc1c(/N=N/c2ccc(-c3ccccc3O)nc2)cc(S(=O)(=O)O)c2ccccc12. The number of fused-ring (bicyclic) bond motifs is 1. The number of hydrogen-bond donors (Lipinski definition) is 3. The van der Waals surface area contributed by atoms with Gasteiger partial charge in [0.05, 0.1) is 11.9 Å². The molecule has 1 aromatic heterocycles. The molecule has 0 bridgehead atoms. The second-order valence-corrected chi connectivity index (χ2v) is 7.99. The van der Waals surface area contributed by atoms with Crippen molar-refractivity contribution in [2.75, 3.05) is 0 Å². The van der Waals surface area contributed by atoms with Crippen molar-refractivity contribution >= 4 is 38.0 Å². The summed E-state index contributed by atoms with van der Waals surface area (Å²) in [5.41, 5.74) is 1.70. The van der Waals surface area contributed by atoms with Crippen molar-refractivity contribution in [2.45, 2.75) is 4.90 Å². The van der Waals surface area contributed by atoms with Crippen molar-refractivity contribution in [3.05, 3.63) is 72.9 Å². The van der Waals surface area contributed by atoms with E-state index in [-0.39, 0.29) is 27.4 Å². The Bertz CT molecular complexity index is 1470. The minimum absolute atomic E-state index is 0.0373. The van der Waals surface area contributed by atoms with E-state index in [2.05, 4.69) is 25.5 Å². The molecule has 4 aromatic rings. The second kappa shape index (κ2) is 8.49. The van der Waals surface area contributed by atoms with Gasteiger partial charge in [-0.2, -0.15) is 8.42 Å². The number of nitrogens with zero attached hydrogens (tertiary/aromatic N) is 5. The van der Waals surface area contributed by atoms with Gasteiger partial charge in [0.25, 0.3) is 10.1 Å². The summed E-state index contributed by atoms with van der Waals surface area (Å²) in [4.78, 5) is 3.93. The lowest BCUT2D eigenvalue weighted by molar-refractivity contribution is 0.477. The van der Waals surface area contributed by atoms with Gasteiger partial charge in [0.15, 0.2) is 0 Å². The van der Waals surface area contributed by atoms with E-state index >= 15 is 0 Å². The molecule has 1 heterocycles. The van der Waals surface area contributed by atoms with E-state index in [0.717, 1.165) is 6.07 Å². The largest absolute Gasteiger partial charge is 0.507 e. The van der Waals surface area contributed by atoms with E-state index in [1.165, 1.54) is 12.3 Å². The summed E-state index contributed by atoms with van der Waals surface area (Å²) in [7, 11) is -4.55. The number of para-hydroxylation sites is 1. The monoisotopic (exact) mass is 448 g/mol. The fraction of sp³-hybridized carbons (Fsp3) is 0. The predicted octanol–water partition coefficient (Wildman–Crippen LogP) is 5.23. The number of nitrogens with two attached hydrogens (primary N) is 1. The molecule has 0 aliphatic carbocycles. The summed E-state index contributed by atoms with van der Waals surface area (Å²) >= 11 is 0. The molecule has 0 amide bonds. The van der Waals surface area contributed by atoms with E-state index < -0.39 is 10.1 Å². The zero-order chi connectivity index (χ0) is 22.7. The van der Waals surface area contributed by atoms with Crippen molar-refractivity contribution in [1.82, 2.24) is 4.98 Å². The second-order valence-electron chi connectivity index (χ2n) is 6.60. The van der Waals surface area contributed by atoms with E-state index in [4.69, 9.17) is 5.84 Å². The number of benzene rings is 3. The molecule has 0 aliphatic heterocycles. The quantitative estimate of drug-likeness (QED) is 0.164. The number of aromatic nitrogens is 1. The van der Waals surface area contributed by atoms with E-state index in [0.29, 0.717) is 22.3 Å². The summed E-state index contributed by atoms with van der Waals surface area (Å²) in [5, 5.41) is 25.9. The Labute approximate surface area is 182 Å². The Morgan fingerprint density at radius 1 is 0.875 bits per heavy atom. The highest BCUT2D eigenvalue weighted by molar-refractivity contribution is 7.86. The van der Waals surface area contributed by atoms with Crippen LogP contribution in [0.5, 0.6) is 5.75 Å². The summed E-state index contributed by atoms with van der Waals surface area (Å²) in [5.74, 6) is 5.32. The average Bonchev–Trinajstić information content (AvgIpc) is 2.78. The molecule has 0 atom stereocenters. The highest BCUT2D eigenvalue weighted by atomic mass is 32.2. The van der Waals surface area contributed by atoms with E-state index in [9.17, 15) is 18.1 Å². The van der Waals surface area contributed by atoms with Gasteiger partial charge >= 0.3 is 0 Å². The van der Waals surface area contributed by atoms with Crippen molar-refractivity contribution < 1.29 is 18.1 Å². The summed E-state index contributed by atoms with van der Waals surface area (Å²) in [6.07, 6.45) is 1.44. The molecule has 160 valence electrons. The molecule has 10 nitrogen and oxygen atoms in total. The zero-order valence-electron chi connectivity index (χ0n) is 16.4. The van der Waals surface area contributed by atoms with Gasteiger partial charge in [-0.1, -0.05) is 41.6 Å². The maximum Gasteiger partial charge on any atom is 0.295 e. The van der Waals surface area contributed by atoms with Crippen LogP contribution in [-0.4, -0.2) is 23.1 Å². The average molecular weight is 448 g/mol. The Hall–Kier alpha value is -4.22. The minimum Gasteiger partial charge on any atom is -0.507 e. The van der Waals surface area contributed by atoms with Crippen LogP contribution in [0.15, 0.2) is 98.4 Å². The van der Waals surface area contributed by atoms with Crippen molar-refractivity contribution in [2.24, 2.45) is 26.4 Å². The first-order chi connectivity index (χ1) is 15.4. The summed E-state index contributed by atoms with van der Waals surface area (Å²) in [6.45, 7) is 0. The first-order valence-electron chi connectivity index (χ1n) is 9.19. The highest BCUT2D eigenvalue weighted by Gasteiger charge is 2.20. The fourth-order valence-electron chi connectivity index (χ4n) is 3.17. The molecule has 0 fully saturated rings. The normalized spacial score (nSPS) is 12.2. The van der Waals surface area contributed by atoms with E-state index in [1.807, 2.05) is 0 Å². The van der Waals surface area contributed by atoms with Crippen molar-refractivity contribution in [1.29, 1.82) is 0 Å². The molecular formula is C21H16N6O4S. The van der Waals surface area contributed by atoms with Crippen LogP contribution in [0.4, 0.5) is 17.1 Å². The summed E-state index contributed by atoms with van der Waals surface area (Å²) in [6, 6.07) is 17.7. The number of phenols is 1. The van der Waals surface area contributed by atoms with Crippen LogP contribution in [0.2, 0.25) is 0 Å². The topological polar surface area (TPSA) is 163 Å². The van der Waals surface area contributed by atoms with Gasteiger partial charge in [0.2, 0.25) is 0 Å². The van der Waals surface area contributed by atoms with Crippen LogP contribution in [-0.2, 0) is 10.1 Å². The third kappa shape index (κ3) is 4.15. The van der Waals surface area contributed by atoms with Gasteiger partial charge in [-0.25, -0.2) is 0 Å². The molecule has 0 unspecified atom stereocenters. The van der Waals surface area contributed by atoms with Gasteiger partial charge in [0.1, 0.15) is 27.7 Å². The van der Waals surface area contributed by atoms with Crippen LogP contribution < -0.4 is 5.84 Å². The molecule has 0 saturated heterocycles. The predicted molar refractivity (Wildman–Crippen MR) is 118 cm³/mol. The number of phenolic OH excluding ortho intramolecular Hbond substituents is 1. The number of hydrogen-bond acceptors (Lipinski definition) is 8. The van der Waals surface area contributed by atoms with Crippen molar-refractivity contribution in [3.8, 4) is 17.0 Å². The third-order valence-corrected chi connectivity index (χ3v) is 5.49. The molecule has 0 radical (unpaired) electrons. The van der Waals surface area contributed by atoms with Gasteiger partial charge < -0.3 is 10.9 Å².